The quantitative estimate of drug-likeness (QED) is 0.630. The van der Waals surface area contributed by atoms with E-state index < -0.39 is 21.7 Å². The van der Waals surface area contributed by atoms with Crippen molar-refractivity contribution >= 4 is 33.0 Å². The van der Waals surface area contributed by atoms with Crippen LogP contribution >= 0.6 is 0 Å². The van der Waals surface area contributed by atoms with Gasteiger partial charge in [0.15, 0.2) is 9.84 Å². The molecule has 0 unspecified atom stereocenters. The number of rotatable bonds is 6. The normalized spacial score (nSPS) is 10.9. The van der Waals surface area contributed by atoms with Gasteiger partial charge in [-0.3, -0.25) is 9.59 Å². The molecule has 3 rings (SSSR count). The first kappa shape index (κ1) is 21.1. The second-order valence-corrected chi connectivity index (χ2v) is 8.47. The third kappa shape index (κ3) is 4.84. The summed E-state index contributed by atoms with van der Waals surface area (Å²) in [5, 5.41) is 5.40. The molecule has 0 bridgehead atoms. The predicted octanol–water partition coefficient (Wildman–Crippen LogP) is 3.60. The van der Waals surface area contributed by atoms with Gasteiger partial charge in [0.2, 0.25) is 0 Å². The Balaban J connectivity index is 1.85. The van der Waals surface area contributed by atoms with Gasteiger partial charge in [0.25, 0.3) is 11.8 Å². The zero-order chi connectivity index (χ0) is 21.7. The predicted molar refractivity (Wildman–Crippen MR) is 115 cm³/mol. The molecule has 7 nitrogen and oxygen atoms in total. The molecule has 30 heavy (non-hydrogen) atoms. The summed E-state index contributed by atoms with van der Waals surface area (Å²) in [6, 6.07) is 19.2. The number of sulfone groups is 1. The zero-order valence-corrected chi connectivity index (χ0v) is 17.2. The summed E-state index contributed by atoms with van der Waals surface area (Å²) < 4.78 is 28.7. The van der Waals surface area contributed by atoms with Crippen LogP contribution in [0.15, 0.2) is 77.7 Å². The fourth-order valence-corrected chi connectivity index (χ4v) is 3.48. The molecule has 0 radical (unpaired) electrons. The highest BCUT2D eigenvalue weighted by Gasteiger charge is 2.17. The molecule has 0 heterocycles. The molecule has 0 saturated carbocycles. The van der Waals surface area contributed by atoms with Crippen LogP contribution in [0.3, 0.4) is 0 Å². The third-order valence-corrected chi connectivity index (χ3v) is 5.40. The molecule has 3 aromatic rings. The maximum absolute atomic E-state index is 12.8. The first-order chi connectivity index (χ1) is 14.3. The lowest BCUT2D eigenvalue weighted by atomic mass is 10.1. The first-order valence-electron chi connectivity index (χ1n) is 8.94. The Labute approximate surface area is 174 Å². The average molecular weight is 424 g/mol. The lowest BCUT2D eigenvalue weighted by Gasteiger charge is -2.13. The number of carbonyl (C=O) groups excluding carboxylic acids is 2. The maximum Gasteiger partial charge on any atom is 0.259 e. The van der Waals surface area contributed by atoms with Gasteiger partial charge in [0.1, 0.15) is 5.75 Å². The van der Waals surface area contributed by atoms with E-state index in [2.05, 4.69) is 10.6 Å². The van der Waals surface area contributed by atoms with Gasteiger partial charge < -0.3 is 15.4 Å². The molecule has 0 spiro atoms. The van der Waals surface area contributed by atoms with Crippen LogP contribution in [-0.4, -0.2) is 33.6 Å². The molecule has 0 aromatic heterocycles. The van der Waals surface area contributed by atoms with E-state index in [-0.39, 0.29) is 10.5 Å². The smallest absolute Gasteiger partial charge is 0.259 e. The van der Waals surface area contributed by atoms with Crippen molar-refractivity contribution in [2.45, 2.75) is 4.90 Å². The number of anilines is 2. The van der Waals surface area contributed by atoms with E-state index in [0.717, 1.165) is 6.26 Å². The van der Waals surface area contributed by atoms with E-state index in [1.54, 1.807) is 60.7 Å². The number of hydrogen-bond donors (Lipinski definition) is 2. The lowest BCUT2D eigenvalue weighted by Crippen LogP contribution is -2.18. The summed E-state index contributed by atoms with van der Waals surface area (Å²) >= 11 is 0. The Kier molecular flexibility index (Phi) is 6.17. The molecule has 0 saturated heterocycles. The topological polar surface area (TPSA) is 102 Å². The Morgan fingerprint density at radius 2 is 1.43 bits per heavy atom. The van der Waals surface area contributed by atoms with Crippen LogP contribution in [-0.2, 0) is 9.84 Å². The van der Waals surface area contributed by atoms with Crippen LogP contribution in [0.4, 0.5) is 11.4 Å². The Morgan fingerprint density at radius 3 is 2.13 bits per heavy atom. The molecule has 0 fully saturated rings. The number of amides is 2. The Hall–Kier alpha value is -3.65. The minimum Gasteiger partial charge on any atom is -0.496 e. The van der Waals surface area contributed by atoms with Crippen LogP contribution in [0.25, 0.3) is 0 Å². The summed E-state index contributed by atoms with van der Waals surface area (Å²) in [5.41, 5.74) is 1.19. The SMILES string of the molecule is COc1ccccc1C(=O)Nc1ccccc1C(=O)Nc1cccc(S(C)(=O)=O)c1. The van der Waals surface area contributed by atoms with E-state index in [1.807, 2.05) is 0 Å². The van der Waals surface area contributed by atoms with Gasteiger partial charge in [-0.05, 0) is 42.5 Å². The molecule has 0 aliphatic rings. The highest BCUT2D eigenvalue weighted by molar-refractivity contribution is 7.90. The summed E-state index contributed by atoms with van der Waals surface area (Å²) in [6.45, 7) is 0. The van der Waals surface area contributed by atoms with Gasteiger partial charge in [-0.1, -0.05) is 30.3 Å². The van der Waals surface area contributed by atoms with E-state index in [1.165, 1.54) is 19.2 Å². The van der Waals surface area contributed by atoms with Crippen LogP contribution < -0.4 is 15.4 Å². The number of benzene rings is 3. The van der Waals surface area contributed by atoms with Crippen molar-refractivity contribution in [3.05, 3.63) is 83.9 Å². The average Bonchev–Trinajstić information content (AvgIpc) is 2.73. The number of ether oxygens (including phenoxy) is 1. The zero-order valence-electron chi connectivity index (χ0n) is 16.4. The van der Waals surface area contributed by atoms with E-state index in [9.17, 15) is 18.0 Å². The fraction of sp³-hybridized carbons (Fsp3) is 0.0909. The molecule has 2 amide bonds. The van der Waals surface area contributed by atoms with Gasteiger partial charge in [0, 0.05) is 11.9 Å². The van der Waals surface area contributed by atoms with Gasteiger partial charge in [-0.15, -0.1) is 0 Å². The molecule has 0 aliphatic heterocycles. The standard InChI is InChI=1S/C22H20N2O5S/c1-29-20-13-6-4-11-18(20)22(26)24-19-12-5-3-10-17(19)21(25)23-15-8-7-9-16(14-15)30(2,27)28/h3-14H,1-2H3,(H,23,25)(H,24,26). The molecule has 154 valence electrons. The first-order valence-corrected chi connectivity index (χ1v) is 10.8. The van der Waals surface area contributed by atoms with Crippen molar-refractivity contribution in [2.75, 3.05) is 24.0 Å². The third-order valence-electron chi connectivity index (χ3n) is 4.29. The van der Waals surface area contributed by atoms with Crippen molar-refractivity contribution in [2.24, 2.45) is 0 Å². The highest BCUT2D eigenvalue weighted by atomic mass is 32.2. The number of carbonyl (C=O) groups is 2. The molecule has 0 aliphatic carbocycles. The van der Waals surface area contributed by atoms with Crippen LogP contribution in [0.1, 0.15) is 20.7 Å². The van der Waals surface area contributed by atoms with Crippen molar-refractivity contribution in [3.8, 4) is 5.75 Å². The van der Waals surface area contributed by atoms with Crippen LogP contribution in [0.2, 0.25) is 0 Å². The Morgan fingerprint density at radius 1 is 0.800 bits per heavy atom. The van der Waals surface area contributed by atoms with Gasteiger partial charge in [-0.2, -0.15) is 0 Å². The maximum atomic E-state index is 12.8. The second kappa shape index (κ2) is 8.79. The van der Waals surface area contributed by atoms with Crippen molar-refractivity contribution < 1.29 is 22.7 Å². The number of para-hydroxylation sites is 2. The molecule has 0 atom stereocenters. The Bertz CT molecular complexity index is 1210. The summed E-state index contributed by atoms with van der Waals surface area (Å²) in [6.07, 6.45) is 1.09. The summed E-state index contributed by atoms with van der Waals surface area (Å²) in [5.74, 6) is -0.502. The molecular weight excluding hydrogens is 404 g/mol. The lowest BCUT2D eigenvalue weighted by molar-refractivity contribution is 0.102. The van der Waals surface area contributed by atoms with E-state index in [0.29, 0.717) is 22.7 Å². The van der Waals surface area contributed by atoms with E-state index >= 15 is 0 Å². The largest absolute Gasteiger partial charge is 0.496 e. The monoisotopic (exact) mass is 424 g/mol. The van der Waals surface area contributed by atoms with Crippen molar-refractivity contribution in [1.29, 1.82) is 0 Å². The minimum absolute atomic E-state index is 0.0954. The highest BCUT2D eigenvalue weighted by Crippen LogP contribution is 2.23. The molecular formula is C22H20N2O5S. The van der Waals surface area contributed by atoms with Crippen LogP contribution in [0, 0.1) is 0 Å². The minimum atomic E-state index is -3.41. The number of hydrogen-bond acceptors (Lipinski definition) is 5. The number of nitrogens with one attached hydrogen (secondary N) is 2. The van der Waals surface area contributed by atoms with Gasteiger partial charge in [0.05, 0.1) is 28.8 Å². The van der Waals surface area contributed by atoms with Crippen LogP contribution in [0.5, 0.6) is 5.75 Å². The number of methoxy groups -OCH3 is 1. The fourth-order valence-electron chi connectivity index (χ4n) is 2.81. The van der Waals surface area contributed by atoms with Crippen molar-refractivity contribution in [1.82, 2.24) is 0 Å². The molecule has 2 N–H and O–H groups in total. The van der Waals surface area contributed by atoms with E-state index in [4.69, 9.17) is 4.74 Å². The van der Waals surface area contributed by atoms with Gasteiger partial charge >= 0.3 is 0 Å². The van der Waals surface area contributed by atoms with Gasteiger partial charge in [-0.25, -0.2) is 8.42 Å². The van der Waals surface area contributed by atoms with Crippen molar-refractivity contribution in [3.63, 3.8) is 0 Å². The summed E-state index contributed by atoms with van der Waals surface area (Å²) in [7, 11) is -1.94. The molecule has 3 aromatic carbocycles. The second-order valence-electron chi connectivity index (χ2n) is 6.45. The summed E-state index contributed by atoms with van der Waals surface area (Å²) in [4.78, 5) is 25.6. The molecule has 8 heteroatoms.